The van der Waals surface area contributed by atoms with E-state index < -0.39 is 0 Å². The van der Waals surface area contributed by atoms with Crippen molar-refractivity contribution in [2.75, 3.05) is 13.2 Å². The Hall–Kier alpha value is -2.90. The standard InChI is InChI=1S/C23H21N3O2S2/c1-3-25-22(27)20(30-23(25)29)14-17-15-26(18-10-6-5-7-11-18)24-21(17)16-9-8-12-19(13-16)28-4-2/h5-15H,3-4H2,1-2H3/b20-14-. The molecule has 0 radical (unpaired) electrons. The van der Waals surface area contributed by atoms with Gasteiger partial charge in [-0.15, -0.1) is 0 Å². The molecule has 0 aliphatic carbocycles. The van der Waals surface area contributed by atoms with E-state index in [9.17, 15) is 4.79 Å². The Kier molecular flexibility index (Phi) is 6.01. The highest BCUT2D eigenvalue weighted by Gasteiger charge is 2.31. The highest BCUT2D eigenvalue weighted by molar-refractivity contribution is 8.26. The second kappa shape index (κ2) is 8.85. The number of nitrogens with zero attached hydrogens (tertiary/aromatic N) is 3. The molecule has 3 aromatic rings. The number of amides is 1. The molecule has 2 heterocycles. The summed E-state index contributed by atoms with van der Waals surface area (Å²) in [7, 11) is 0. The number of benzene rings is 2. The molecule has 152 valence electrons. The molecule has 1 aliphatic rings. The van der Waals surface area contributed by atoms with E-state index in [1.165, 1.54) is 11.8 Å². The topological polar surface area (TPSA) is 47.4 Å². The number of carbonyl (C=O) groups excluding carboxylic acids is 1. The van der Waals surface area contributed by atoms with Crippen molar-refractivity contribution in [2.45, 2.75) is 13.8 Å². The molecule has 1 amide bonds. The number of hydrogen-bond donors (Lipinski definition) is 0. The van der Waals surface area contributed by atoms with Crippen molar-refractivity contribution in [1.82, 2.24) is 14.7 Å². The van der Waals surface area contributed by atoms with Crippen LogP contribution in [0.25, 0.3) is 23.0 Å². The zero-order valence-corrected chi connectivity index (χ0v) is 18.4. The normalized spacial score (nSPS) is 15.3. The molecule has 5 nitrogen and oxygen atoms in total. The van der Waals surface area contributed by atoms with Crippen molar-refractivity contribution in [1.29, 1.82) is 0 Å². The number of rotatable bonds is 6. The van der Waals surface area contributed by atoms with Gasteiger partial charge in [0.15, 0.2) is 0 Å². The van der Waals surface area contributed by atoms with Crippen LogP contribution in [-0.2, 0) is 4.79 Å². The maximum Gasteiger partial charge on any atom is 0.266 e. The number of thiocarbonyl (C=S) groups is 1. The van der Waals surface area contributed by atoms with Gasteiger partial charge in [-0.05, 0) is 44.2 Å². The van der Waals surface area contributed by atoms with Gasteiger partial charge < -0.3 is 4.74 Å². The van der Waals surface area contributed by atoms with Crippen LogP contribution in [0.5, 0.6) is 5.75 Å². The van der Waals surface area contributed by atoms with Crippen molar-refractivity contribution in [3.8, 4) is 22.7 Å². The molecule has 0 unspecified atom stereocenters. The molecule has 1 fully saturated rings. The molecule has 0 saturated carbocycles. The van der Waals surface area contributed by atoms with Crippen molar-refractivity contribution >= 4 is 40.3 Å². The summed E-state index contributed by atoms with van der Waals surface area (Å²) in [5.74, 6) is 0.724. The Bertz CT molecular complexity index is 1120. The quantitative estimate of drug-likeness (QED) is 0.395. The van der Waals surface area contributed by atoms with Crippen LogP contribution in [0.15, 0.2) is 65.7 Å². The first-order valence-corrected chi connectivity index (χ1v) is 11.0. The second-order valence-corrected chi connectivity index (χ2v) is 8.28. The van der Waals surface area contributed by atoms with E-state index in [4.69, 9.17) is 22.1 Å². The third kappa shape index (κ3) is 4.04. The van der Waals surface area contributed by atoms with Crippen LogP contribution in [0.4, 0.5) is 0 Å². The van der Waals surface area contributed by atoms with Gasteiger partial charge >= 0.3 is 0 Å². The first kappa shape index (κ1) is 20.4. The molecule has 1 aliphatic heterocycles. The summed E-state index contributed by atoms with van der Waals surface area (Å²) in [5, 5.41) is 4.83. The predicted molar refractivity (Wildman–Crippen MR) is 126 cm³/mol. The molecular formula is C23H21N3O2S2. The van der Waals surface area contributed by atoms with Crippen LogP contribution in [0.2, 0.25) is 0 Å². The summed E-state index contributed by atoms with van der Waals surface area (Å²) in [6.07, 6.45) is 3.82. The summed E-state index contributed by atoms with van der Waals surface area (Å²) in [5.41, 5.74) is 3.50. The summed E-state index contributed by atoms with van der Waals surface area (Å²) in [6.45, 7) is 5.03. The van der Waals surface area contributed by atoms with E-state index in [0.29, 0.717) is 22.4 Å². The van der Waals surface area contributed by atoms with E-state index in [1.807, 2.05) is 85.4 Å². The fraction of sp³-hybridized carbons (Fsp3) is 0.174. The van der Waals surface area contributed by atoms with Crippen LogP contribution in [0.3, 0.4) is 0 Å². The number of aromatic nitrogens is 2. The number of carbonyl (C=O) groups is 1. The van der Waals surface area contributed by atoms with E-state index >= 15 is 0 Å². The summed E-state index contributed by atoms with van der Waals surface area (Å²) < 4.78 is 8.08. The van der Waals surface area contributed by atoms with Gasteiger partial charge in [0, 0.05) is 23.9 Å². The van der Waals surface area contributed by atoms with Crippen LogP contribution in [0, 0.1) is 0 Å². The van der Waals surface area contributed by atoms with Gasteiger partial charge in [0.25, 0.3) is 5.91 Å². The Morgan fingerprint density at radius 3 is 2.63 bits per heavy atom. The molecule has 0 spiro atoms. The van der Waals surface area contributed by atoms with Gasteiger partial charge in [0.1, 0.15) is 15.8 Å². The summed E-state index contributed by atoms with van der Waals surface area (Å²) in [4.78, 5) is 14.9. The van der Waals surface area contributed by atoms with Gasteiger partial charge in [-0.1, -0.05) is 54.3 Å². The van der Waals surface area contributed by atoms with E-state index in [0.717, 1.165) is 28.3 Å². The minimum absolute atomic E-state index is 0.0611. The zero-order chi connectivity index (χ0) is 21.1. The third-order valence-corrected chi connectivity index (χ3v) is 6.04. The Balaban J connectivity index is 1.82. The third-order valence-electron chi connectivity index (χ3n) is 4.66. The molecule has 7 heteroatoms. The number of likely N-dealkylation sites (N-methyl/N-ethyl adjacent to an activating group) is 1. The lowest BCUT2D eigenvalue weighted by molar-refractivity contribution is -0.121. The monoisotopic (exact) mass is 435 g/mol. The Morgan fingerprint density at radius 2 is 1.93 bits per heavy atom. The minimum atomic E-state index is -0.0611. The van der Waals surface area contributed by atoms with Crippen molar-refractivity contribution in [3.05, 3.63) is 71.3 Å². The average Bonchev–Trinajstić information content (AvgIpc) is 3.30. The van der Waals surface area contributed by atoms with E-state index in [2.05, 4.69) is 0 Å². The maximum atomic E-state index is 12.7. The highest BCUT2D eigenvalue weighted by atomic mass is 32.2. The van der Waals surface area contributed by atoms with E-state index in [-0.39, 0.29) is 5.91 Å². The maximum absolute atomic E-state index is 12.7. The second-order valence-electron chi connectivity index (χ2n) is 6.60. The van der Waals surface area contributed by atoms with Crippen LogP contribution >= 0.6 is 24.0 Å². The van der Waals surface area contributed by atoms with Gasteiger partial charge in [-0.3, -0.25) is 9.69 Å². The van der Waals surface area contributed by atoms with Gasteiger partial charge in [0.2, 0.25) is 0 Å². The molecule has 0 bridgehead atoms. The smallest absolute Gasteiger partial charge is 0.266 e. The lowest BCUT2D eigenvalue weighted by atomic mass is 10.1. The van der Waals surface area contributed by atoms with Crippen molar-refractivity contribution in [2.24, 2.45) is 0 Å². The van der Waals surface area contributed by atoms with Gasteiger partial charge in [-0.25, -0.2) is 4.68 Å². The molecule has 2 aromatic carbocycles. The highest BCUT2D eigenvalue weighted by Crippen LogP contribution is 2.35. The van der Waals surface area contributed by atoms with Gasteiger partial charge in [0.05, 0.1) is 17.2 Å². The summed E-state index contributed by atoms with van der Waals surface area (Å²) in [6, 6.07) is 17.7. The number of para-hydroxylation sites is 1. The molecule has 30 heavy (non-hydrogen) atoms. The van der Waals surface area contributed by atoms with Crippen molar-refractivity contribution in [3.63, 3.8) is 0 Å². The number of hydrogen-bond acceptors (Lipinski definition) is 5. The van der Waals surface area contributed by atoms with Gasteiger partial charge in [-0.2, -0.15) is 5.10 Å². The minimum Gasteiger partial charge on any atom is -0.494 e. The molecule has 1 aromatic heterocycles. The zero-order valence-electron chi connectivity index (χ0n) is 16.7. The fourth-order valence-corrected chi connectivity index (χ4v) is 4.62. The molecule has 0 N–H and O–H groups in total. The molecule has 0 atom stereocenters. The average molecular weight is 436 g/mol. The molecular weight excluding hydrogens is 414 g/mol. The summed E-state index contributed by atoms with van der Waals surface area (Å²) >= 11 is 6.68. The Labute approximate surface area is 185 Å². The van der Waals surface area contributed by atoms with Crippen LogP contribution < -0.4 is 4.74 Å². The van der Waals surface area contributed by atoms with Crippen molar-refractivity contribution < 1.29 is 9.53 Å². The lowest BCUT2D eigenvalue weighted by Crippen LogP contribution is -2.27. The van der Waals surface area contributed by atoms with Crippen LogP contribution in [-0.4, -0.2) is 38.1 Å². The largest absolute Gasteiger partial charge is 0.494 e. The SMILES string of the molecule is CCOc1cccc(-c2nn(-c3ccccc3)cc2/C=C2\SC(=S)N(CC)C2=O)c1. The Morgan fingerprint density at radius 1 is 1.13 bits per heavy atom. The van der Waals surface area contributed by atoms with Crippen LogP contribution in [0.1, 0.15) is 19.4 Å². The first-order chi connectivity index (χ1) is 14.6. The van der Waals surface area contributed by atoms with E-state index in [1.54, 1.807) is 4.90 Å². The molecule has 4 rings (SSSR count). The molecule has 1 saturated heterocycles. The fourth-order valence-electron chi connectivity index (χ4n) is 3.24. The number of thioether (sulfide) groups is 1. The first-order valence-electron chi connectivity index (χ1n) is 9.74. The predicted octanol–water partition coefficient (Wildman–Crippen LogP) is 5.16. The lowest BCUT2D eigenvalue weighted by Gasteiger charge is -2.09. The number of ether oxygens (including phenoxy) is 1.